The number of benzene rings is 1. The number of nitrogens with zero attached hydrogens (tertiary/aromatic N) is 2. The van der Waals surface area contributed by atoms with Crippen LogP contribution < -0.4 is 0 Å². The van der Waals surface area contributed by atoms with Crippen molar-refractivity contribution in [2.24, 2.45) is 0 Å². The van der Waals surface area contributed by atoms with Crippen LogP contribution in [0.4, 0.5) is 0 Å². The van der Waals surface area contributed by atoms with E-state index in [9.17, 15) is 9.59 Å². The Bertz CT molecular complexity index is 925. The summed E-state index contributed by atoms with van der Waals surface area (Å²) < 4.78 is 5.14. The number of aromatic amines is 1. The van der Waals surface area contributed by atoms with E-state index in [0.29, 0.717) is 29.1 Å². The third-order valence-corrected chi connectivity index (χ3v) is 5.97. The van der Waals surface area contributed by atoms with Crippen molar-refractivity contribution in [1.82, 2.24) is 14.8 Å². The van der Waals surface area contributed by atoms with Gasteiger partial charge in [-0.15, -0.1) is 0 Å². The fourth-order valence-electron chi connectivity index (χ4n) is 4.12. The Morgan fingerprint density at radius 1 is 1.13 bits per heavy atom. The lowest BCUT2D eigenvalue weighted by Crippen LogP contribution is -2.51. The van der Waals surface area contributed by atoms with Gasteiger partial charge in [0.25, 0.3) is 0 Å². The molecule has 0 amide bonds. The highest BCUT2D eigenvalue weighted by molar-refractivity contribution is 6.03. The van der Waals surface area contributed by atoms with Gasteiger partial charge in [-0.25, -0.2) is 4.79 Å². The molecule has 1 aromatic heterocycles. The average Bonchev–Trinajstić information content (AvgIpc) is 3.08. The predicted octanol–water partition coefficient (Wildman–Crippen LogP) is 3.71. The lowest BCUT2D eigenvalue weighted by Gasteiger charge is -2.37. The van der Waals surface area contributed by atoms with Crippen LogP contribution in [0.3, 0.4) is 0 Å². The minimum absolute atomic E-state index is 0.0218. The normalized spacial score (nSPS) is 16.5. The van der Waals surface area contributed by atoms with Gasteiger partial charge < -0.3 is 9.72 Å². The van der Waals surface area contributed by atoms with Crippen molar-refractivity contribution in [1.29, 1.82) is 0 Å². The summed E-state index contributed by atoms with van der Waals surface area (Å²) in [5, 5.41) is 0. The number of aryl methyl sites for hydroxylation is 1. The van der Waals surface area contributed by atoms with Crippen molar-refractivity contribution in [2.75, 3.05) is 39.3 Å². The lowest BCUT2D eigenvalue weighted by atomic mass is 10.0. The van der Waals surface area contributed by atoms with E-state index in [1.54, 1.807) is 6.92 Å². The van der Waals surface area contributed by atoms with Crippen molar-refractivity contribution in [2.45, 2.75) is 33.7 Å². The Hall–Kier alpha value is -2.70. The van der Waals surface area contributed by atoms with Crippen LogP contribution in [0.15, 0.2) is 36.4 Å². The molecule has 1 saturated heterocycles. The highest BCUT2D eigenvalue weighted by atomic mass is 16.5. The van der Waals surface area contributed by atoms with Crippen LogP contribution in [-0.4, -0.2) is 71.9 Å². The Balaban J connectivity index is 1.56. The first kappa shape index (κ1) is 23.0. The molecule has 1 atom stereocenters. The average molecular weight is 424 g/mol. The van der Waals surface area contributed by atoms with Crippen LogP contribution in [0.1, 0.15) is 51.5 Å². The second-order valence-electron chi connectivity index (χ2n) is 8.04. The van der Waals surface area contributed by atoms with Gasteiger partial charge in [-0.1, -0.05) is 42.5 Å². The summed E-state index contributed by atoms with van der Waals surface area (Å²) in [5.41, 5.74) is 3.56. The Labute approximate surface area is 184 Å². The number of piperazine rings is 1. The van der Waals surface area contributed by atoms with E-state index in [2.05, 4.69) is 39.1 Å². The minimum atomic E-state index is -0.377. The number of nitrogens with one attached hydrogen (secondary N) is 1. The summed E-state index contributed by atoms with van der Waals surface area (Å²) in [7, 11) is 0. The molecule has 6 nitrogen and oxygen atoms in total. The van der Waals surface area contributed by atoms with E-state index in [-0.39, 0.29) is 17.8 Å². The molecule has 1 aromatic carbocycles. The maximum absolute atomic E-state index is 13.2. The maximum atomic E-state index is 13.2. The molecule has 0 aliphatic carbocycles. The predicted molar refractivity (Wildman–Crippen MR) is 124 cm³/mol. The topological polar surface area (TPSA) is 65.6 Å². The van der Waals surface area contributed by atoms with E-state index >= 15 is 0 Å². The molecule has 166 valence electrons. The molecule has 1 N–H and O–H groups in total. The summed E-state index contributed by atoms with van der Waals surface area (Å²) in [6.45, 7) is 12.1. The van der Waals surface area contributed by atoms with Gasteiger partial charge in [0, 0.05) is 38.4 Å². The Morgan fingerprint density at radius 3 is 2.45 bits per heavy atom. The van der Waals surface area contributed by atoms with Gasteiger partial charge >= 0.3 is 5.97 Å². The Kier molecular flexibility index (Phi) is 7.82. The first-order valence-corrected chi connectivity index (χ1v) is 11.0. The molecule has 2 heterocycles. The molecule has 0 bridgehead atoms. The van der Waals surface area contributed by atoms with E-state index in [1.165, 1.54) is 5.56 Å². The standard InChI is InChI=1S/C25H33N3O3/c1-5-31-25(30)22-18(2)23(26-19(22)3)24(29)20(4)28-16-14-27(15-17-28)13-9-12-21-10-7-6-8-11-21/h6-12,20,26H,5,13-17H2,1-4H3/b12-9+/t20-/m0/s1. The molecule has 0 unspecified atom stereocenters. The van der Waals surface area contributed by atoms with E-state index in [1.807, 2.05) is 39.0 Å². The van der Waals surface area contributed by atoms with Crippen molar-refractivity contribution in [3.05, 3.63) is 64.5 Å². The van der Waals surface area contributed by atoms with Crippen LogP contribution in [0.25, 0.3) is 6.08 Å². The summed E-state index contributed by atoms with van der Waals surface area (Å²) in [6.07, 6.45) is 4.34. The first-order valence-electron chi connectivity index (χ1n) is 11.0. The molecular weight excluding hydrogens is 390 g/mol. The summed E-state index contributed by atoms with van der Waals surface area (Å²) in [6, 6.07) is 10.1. The number of H-pyrrole nitrogens is 1. The van der Waals surface area contributed by atoms with Gasteiger partial charge in [-0.2, -0.15) is 0 Å². The number of hydrogen-bond donors (Lipinski definition) is 1. The number of esters is 1. The number of hydrogen-bond acceptors (Lipinski definition) is 5. The molecule has 3 rings (SSSR count). The number of carbonyl (C=O) groups excluding carboxylic acids is 2. The van der Waals surface area contributed by atoms with Crippen LogP contribution in [0, 0.1) is 13.8 Å². The molecule has 0 radical (unpaired) electrons. The molecule has 6 heteroatoms. The van der Waals surface area contributed by atoms with Gasteiger partial charge in [0.1, 0.15) is 0 Å². The van der Waals surface area contributed by atoms with Gasteiger partial charge in [0.05, 0.1) is 23.9 Å². The van der Waals surface area contributed by atoms with Gasteiger partial charge in [-0.05, 0) is 38.8 Å². The zero-order valence-electron chi connectivity index (χ0n) is 19.0. The lowest BCUT2D eigenvalue weighted by molar-refractivity contribution is 0.0525. The summed E-state index contributed by atoms with van der Waals surface area (Å²) in [5.74, 6) is -0.355. The smallest absolute Gasteiger partial charge is 0.340 e. The van der Waals surface area contributed by atoms with Crippen molar-refractivity contribution >= 4 is 17.8 Å². The summed E-state index contributed by atoms with van der Waals surface area (Å²) in [4.78, 5) is 33.2. The fourth-order valence-corrected chi connectivity index (χ4v) is 4.12. The molecule has 1 fully saturated rings. The van der Waals surface area contributed by atoms with Crippen molar-refractivity contribution in [3.63, 3.8) is 0 Å². The SMILES string of the molecule is CCOC(=O)c1c(C)[nH]c(C(=O)[C@H](C)N2CCN(C/C=C/c3ccccc3)CC2)c1C. The molecule has 1 aliphatic rings. The third-order valence-electron chi connectivity index (χ3n) is 5.97. The zero-order chi connectivity index (χ0) is 22.4. The second-order valence-corrected chi connectivity index (χ2v) is 8.04. The molecule has 0 spiro atoms. The van der Waals surface area contributed by atoms with E-state index in [0.717, 1.165) is 32.7 Å². The minimum Gasteiger partial charge on any atom is -0.462 e. The number of aromatic nitrogens is 1. The largest absolute Gasteiger partial charge is 0.462 e. The molecule has 31 heavy (non-hydrogen) atoms. The monoisotopic (exact) mass is 423 g/mol. The highest BCUT2D eigenvalue weighted by Gasteiger charge is 2.30. The maximum Gasteiger partial charge on any atom is 0.340 e. The third kappa shape index (κ3) is 5.51. The fraction of sp³-hybridized carbons (Fsp3) is 0.440. The first-order chi connectivity index (χ1) is 14.9. The highest BCUT2D eigenvalue weighted by Crippen LogP contribution is 2.22. The van der Waals surface area contributed by atoms with Crippen LogP contribution in [0.2, 0.25) is 0 Å². The molecule has 1 aliphatic heterocycles. The van der Waals surface area contributed by atoms with Gasteiger partial charge in [-0.3, -0.25) is 14.6 Å². The second kappa shape index (κ2) is 10.6. The van der Waals surface area contributed by atoms with E-state index in [4.69, 9.17) is 4.74 Å². The number of Topliss-reactive ketones (excluding diaryl/α,β-unsaturated/α-hetero) is 1. The molecular formula is C25H33N3O3. The van der Waals surface area contributed by atoms with Crippen LogP contribution >= 0.6 is 0 Å². The number of carbonyl (C=O) groups is 2. The van der Waals surface area contributed by atoms with E-state index < -0.39 is 0 Å². The van der Waals surface area contributed by atoms with Crippen LogP contribution in [0.5, 0.6) is 0 Å². The molecule has 0 saturated carbocycles. The summed E-state index contributed by atoms with van der Waals surface area (Å²) >= 11 is 0. The van der Waals surface area contributed by atoms with Gasteiger partial charge in [0.15, 0.2) is 5.78 Å². The van der Waals surface area contributed by atoms with Gasteiger partial charge in [0.2, 0.25) is 0 Å². The van der Waals surface area contributed by atoms with Crippen molar-refractivity contribution < 1.29 is 14.3 Å². The number of ketones is 1. The number of rotatable bonds is 8. The Morgan fingerprint density at radius 2 is 1.81 bits per heavy atom. The quantitative estimate of drug-likeness (QED) is 0.518. The number of ether oxygens (including phenoxy) is 1. The zero-order valence-corrected chi connectivity index (χ0v) is 19.0. The molecule has 2 aromatic rings. The van der Waals surface area contributed by atoms with Crippen molar-refractivity contribution in [3.8, 4) is 0 Å². The van der Waals surface area contributed by atoms with Crippen LogP contribution in [-0.2, 0) is 4.74 Å².